The van der Waals surface area contributed by atoms with Crippen LogP contribution in [-0.2, 0) is 9.59 Å². The van der Waals surface area contributed by atoms with E-state index >= 15 is 0 Å². The van der Waals surface area contributed by atoms with Gasteiger partial charge in [-0.15, -0.1) is 10.2 Å². The van der Waals surface area contributed by atoms with E-state index in [0.717, 1.165) is 5.01 Å². The highest BCUT2D eigenvalue weighted by Crippen LogP contribution is 2.36. The van der Waals surface area contributed by atoms with Gasteiger partial charge in [-0.1, -0.05) is 11.3 Å². The van der Waals surface area contributed by atoms with Crippen molar-refractivity contribution in [2.45, 2.75) is 13.3 Å². The Morgan fingerprint density at radius 3 is 2.76 bits per heavy atom. The first-order valence-electron chi connectivity index (χ1n) is 7.65. The molecule has 1 N–H and O–H groups in total. The highest BCUT2D eigenvalue weighted by molar-refractivity contribution is 7.15. The van der Waals surface area contributed by atoms with E-state index in [0.29, 0.717) is 22.3 Å². The summed E-state index contributed by atoms with van der Waals surface area (Å²) >= 11 is 1.29. The minimum absolute atomic E-state index is 0.129. The lowest BCUT2D eigenvalue weighted by molar-refractivity contribution is -0.122. The van der Waals surface area contributed by atoms with Gasteiger partial charge in [-0.25, -0.2) is 0 Å². The van der Waals surface area contributed by atoms with Gasteiger partial charge in [0.15, 0.2) is 0 Å². The summed E-state index contributed by atoms with van der Waals surface area (Å²) in [6.45, 7) is 2.08. The summed E-state index contributed by atoms with van der Waals surface area (Å²) < 4.78 is 10.6. The van der Waals surface area contributed by atoms with Gasteiger partial charge in [-0.3, -0.25) is 9.59 Å². The van der Waals surface area contributed by atoms with Crippen LogP contribution in [0.15, 0.2) is 18.2 Å². The van der Waals surface area contributed by atoms with E-state index in [1.54, 1.807) is 30.2 Å². The van der Waals surface area contributed by atoms with Crippen molar-refractivity contribution in [3.05, 3.63) is 23.2 Å². The van der Waals surface area contributed by atoms with Crippen molar-refractivity contribution in [1.29, 1.82) is 0 Å². The van der Waals surface area contributed by atoms with E-state index < -0.39 is 5.92 Å². The Labute approximate surface area is 148 Å². The lowest BCUT2D eigenvalue weighted by Crippen LogP contribution is -2.28. The summed E-state index contributed by atoms with van der Waals surface area (Å²) in [7, 11) is 3.09. The van der Waals surface area contributed by atoms with E-state index in [-0.39, 0.29) is 24.8 Å². The van der Waals surface area contributed by atoms with E-state index in [1.807, 2.05) is 6.92 Å². The van der Waals surface area contributed by atoms with Crippen LogP contribution in [0.4, 0.5) is 10.8 Å². The highest BCUT2D eigenvalue weighted by Gasteiger charge is 2.36. The van der Waals surface area contributed by atoms with Crippen LogP contribution in [0.3, 0.4) is 0 Å². The minimum atomic E-state index is -0.465. The van der Waals surface area contributed by atoms with Gasteiger partial charge in [0, 0.05) is 19.0 Å². The molecule has 1 aliphatic rings. The monoisotopic (exact) mass is 362 g/mol. The third-order valence-corrected chi connectivity index (χ3v) is 4.68. The first-order chi connectivity index (χ1) is 12.0. The van der Waals surface area contributed by atoms with Gasteiger partial charge in [0.05, 0.1) is 25.8 Å². The van der Waals surface area contributed by atoms with Gasteiger partial charge in [0.25, 0.3) is 0 Å². The third kappa shape index (κ3) is 3.55. The standard InChI is InChI=1S/C16H18N4O4S/c1-9-18-19-16(25-9)17-15(22)10-6-14(21)20(8-10)12-7-11(23-2)4-5-13(12)24-3/h4-5,7,10H,6,8H2,1-3H3,(H,17,19,22). The smallest absolute Gasteiger partial charge is 0.231 e. The fourth-order valence-corrected chi connectivity index (χ4v) is 3.27. The van der Waals surface area contributed by atoms with Crippen molar-refractivity contribution in [1.82, 2.24) is 10.2 Å². The zero-order valence-electron chi connectivity index (χ0n) is 14.1. The minimum Gasteiger partial charge on any atom is -0.497 e. The zero-order chi connectivity index (χ0) is 18.0. The number of carbonyl (C=O) groups excluding carboxylic acids is 2. The number of methoxy groups -OCH3 is 2. The molecule has 1 atom stereocenters. The molecule has 1 aromatic heterocycles. The SMILES string of the molecule is COc1ccc(OC)c(N2CC(C(=O)Nc3nnc(C)s3)CC2=O)c1. The molecule has 1 unspecified atom stereocenters. The molecule has 1 aliphatic heterocycles. The zero-order valence-corrected chi connectivity index (χ0v) is 14.9. The first-order valence-corrected chi connectivity index (χ1v) is 8.47. The van der Waals surface area contributed by atoms with Crippen molar-refractivity contribution in [3.8, 4) is 11.5 Å². The molecule has 2 amide bonds. The molecule has 0 saturated carbocycles. The normalized spacial score (nSPS) is 16.8. The topological polar surface area (TPSA) is 93.7 Å². The molecule has 0 spiro atoms. The van der Waals surface area contributed by atoms with Gasteiger partial charge in [0.2, 0.25) is 16.9 Å². The molecule has 2 heterocycles. The number of carbonyl (C=O) groups is 2. The summed E-state index contributed by atoms with van der Waals surface area (Å²) in [5.41, 5.74) is 0.592. The second kappa shape index (κ2) is 7.06. The van der Waals surface area contributed by atoms with E-state index in [9.17, 15) is 9.59 Å². The Morgan fingerprint density at radius 1 is 1.32 bits per heavy atom. The molecule has 3 rings (SSSR count). The molecule has 8 nitrogen and oxygen atoms in total. The number of aromatic nitrogens is 2. The Balaban J connectivity index is 1.77. The summed E-state index contributed by atoms with van der Waals surface area (Å²) in [5, 5.41) is 11.7. The number of nitrogens with one attached hydrogen (secondary N) is 1. The number of hydrogen-bond acceptors (Lipinski definition) is 7. The van der Waals surface area contributed by atoms with Gasteiger partial charge in [-0.2, -0.15) is 0 Å². The largest absolute Gasteiger partial charge is 0.497 e. The predicted octanol–water partition coefficient (Wildman–Crippen LogP) is 1.86. The van der Waals surface area contributed by atoms with Crippen LogP contribution in [0, 0.1) is 12.8 Å². The van der Waals surface area contributed by atoms with Crippen molar-refractivity contribution >= 4 is 34.0 Å². The molecule has 132 valence electrons. The molecule has 2 aromatic rings. The first kappa shape index (κ1) is 17.2. The second-order valence-electron chi connectivity index (χ2n) is 5.56. The summed E-state index contributed by atoms with van der Waals surface area (Å²) in [4.78, 5) is 26.4. The molecule has 1 fully saturated rings. The molecular weight excluding hydrogens is 344 g/mol. The number of anilines is 2. The van der Waals surface area contributed by atoms with Crippen LogP contribution in [0.2, 0.25) is 0 Å². The van der Waals surface area contributed by atoms with Crippen LogP contribution in [0.5, 0.6) is 11.5 Å². The number of hydrogen-bond donors (Lipinski definition) is 1. The molecule has 1 saturated heterocycles. The lowest BCUT2D eigenvalue weighted by Gasteiger charge is -2.20. The Bertz CT molecular complexity index is 807. The van der Waals surface area contributed by atoms with Crippen molar-refractivity contribution < 1.29 is 19.1 Å². The average Bonchev–Trinajstić information content (AvgIpc) is 3.19. The summed E-state index contributed by atoms with van der Waals surface area (Å²) in [5.74, 6) is 0.317. The van der Waals surface area contributed by atoms with E-state index in [1.165, 1.54) is 18.4 Å². The summed E-state index contributed by atoms with van der Waals surface area (Å²) in [6, 6.07) is 5.22. The summed E-state index contributed by atoms with van der Waals surface area (Å²) in [6.07, 6.45) is 0.129. The maximum absolute atomic E-state index is 12.4. The van der Waals surface area contributed by atoms with Crippen LogP contribution >= 0.6 is 11.3 Å². The predicted molar refractivity (Wildman–Crippen MR) is 93.3 cm³/mol. The number of benzene rings is 1. The third-order valence-electron chi connectivity index (χ3n) is 3.93. The van der Waals surface area contributed by atoms with Crippen LogP contribution in [0.1, 0.15) is 11.4 Å². The lowest BCUT2D eigenvalue weighted by atomic mass is 10.1. The molecule has 0 bridgehead atoms. The fourth-order valence-electron chi connectivity index (χ4n) is 2.68. The number of aryl methyl sites for hydroxylation is 1. The van der Waals surface area contributed by atoms with Crippen LogP contribution in [0.25, 0.3) is 0 Å². The highest BCUT2D eigenvalue weighted by atomic mass is 32.1. The maximum atomic E-state index is 12.4. The van der Waals surface area contributed by atoms with Gasteiger partial charge in [-0.05, 0) is 19.1 Å². The fraction of sp³-hybridized carbons (Fsp3) is 0.375. The van der Waals surface area contributed by atoms with Crippen molar-refractivity contribution in [2.75, 3.05) is 31.0 Å². The number of rotatable bonds is 5. The number of nitrogens with zero attached hydrogens (tertiary/aromatic N) is 3. The van der Waals surface area contributed by atoms with Gasteiger partial charge < -0.3 is 19.7 Å². The average molecular weight is 362 g/mol. The Morgan fingerprint density at radius 2 is 2.12 bits per heavy atom. The number of ether oxygens (including phenoxy) is 2. The van der Waals surface area contributed by atoms with Gasteiger partial charge in [0.1, 0.15) is 16.5 Å². The van der Waals surface area contributed by atoms with E-state index in [2.05, 4.69) is 15.5 Å². The molecule has 0 aliphatic carbocycles. The van der Waals surface area contributed by atoms with E-state index in [4.69, 9.17) is 9.47 Å². The second-order valence-corrected chi connectivity index (χ2v) is 6.74. The molecule has 25 heavy (non-hydrogen) atoms. The quantitative estimate of drug-likeness (QED) is 0.872. The van der Waals surface area contributed by atoms with Crippen LogP contribution in [-0.4, -0.2) is 42.8 Å². The van der Waals surface area contributed by atoms with Crippen molar-refractivity contribution in [2.24, 2.45) is 5.92 Å². The Kier molecular flexibility index (Phi) is 4.84. The van der Waals surface area contributed by atoms with Gasteiger partial charge >= 0.3 is 0 Å². The molecule has 0 radical (unpaired) electrons. The number of amides is 2. The Hall–Kier alpha value is -2.68. The maximum Gasteiger partial charge on any atom is 0.231 e. The molecule has 1 aromatic carbocycles. The molecule has 9 heteroatoms. The van der Waals surface area contributed by atoms with Crippen LogP contribution < -0.4 is 19.7 Å². The molecular formula is C16H18N4O4S. The van der Waals surface area contributed by atoms with Crippen molar-refractivity contribution in [3.63, 3.8) is 0 Å².